The standard InChI is InChI=1S/C11H11BrN2O4S/c1-4-18-10(16)7-6(12)5-8(15)13(2)11(17)14(3)9(5)19-7/h4H2,1-3H3. The minimum absolute atomic E-state index is 0.246. The van der Waals surface area contributed by atoms with E-state index in [4.69, 9.17) is 4.74 Å². The van der Waals surface area contributed by atoms with Crippen molar-refractivity contribution in [3.05, 3.63) is 30.2 Å². The van der Waals surface area contributed by atoms with Crippen LogP contribution in [0.5, 0.6) is 0 Å². The van der Waals surface area contributed by atoms with Crippen molar-refractivity contribution in [1.29, 1.82) is 0 Å². The molecule has 0 aromatic carbocycles. The number of carbonyl (C=O) groups is 1. The topological polar surface area (TPSA) is 70.3 Å². The van der Waals surface area contributed by atoms with E-state index in [0.717, 1.165) is 15.9 Å². The number of fused-ring (bicyclic) bond motifs is 1. The first kappa shape index (κ1) is 14.0. The van der Waals surface area contributed by atoms with Gasteiger partial charge in [-0.3, -0.25) is 13.9 Å². The second-order valence-electron chi connectivity index (χ2n) is 3.85. The van der Waals surface area contributed by atoms with Crippen LogP contribution in [0.2, 0.25) is 0 Å². The van der Waals surface area contributed by atoms with Gasteiger partial charge in [-0.25, -0.2) is 9.59 Å². The van der Waals surface area contributed by atoms with Crippen LogP contribution in [-0.2, 0) is 18.8 Å². The molecular weight excluding hydrogens is 336 g/mol. The van der Waals surface area contributed by atoms with Crippen LogP contribution in [0.3, 0.4) is 0 Å². The van der Waals surface area contributed by atoms with E-state index < -0.39 is 17.2 Å². The van der Waals surface area contributed by atoms with E-state index >= 15 is 0 Å². The van der Waals surface area contributed by atoms with Crippen LogP contribution in [0.1, 0.15) is 16.6 Å². The fourth-order valence-corrected chi connectivity index (χ4v) is 3.64. The van der Waals surface area contributed by atoms with Gasteiger partial charge in [0.2, 0.25) is 0 Å². The van der Waals surface area contributed by atoms with Crippen LogP contribution in [0.4, 0.5) is 0 Å². The molecule has 0 saturated carbocycles. The van der Waals surface area contributed by atoms with Crippen molar-refractivity contribution in [3.8, 4) is 0 Å². The molecule has 0 aliphatic carbocycles. The van der Waals surface area contributed by atoms with Gasteiger partial charge in [0, 0.05) is 14.1 Å². The highest BCUT2D eigenvalue weighted by atomic mass is 79.9. The highest BCUT2D eigenvalue weighted by Gasteiger charge is 2.22. The summed E-state index contributed by atoms with van der Waals surface area (Å²) < 4.78 is 7.65. The first-order valence-corrected chi connectivity index (χ1v) is 7.06. The highest BCUT2D eigenvalue weighted by Crippen LogP contribution is 2.33. The minimum Gasteiger partial charge on any atom is -0.462 e. The average molecular weight is 347 g/mol. The molecule has 0 aliphatic heterocycles. The maximum atomic E-state index is 12.1. The lowest BCUT2D eigenvalue weighted by Gasteiger charge is -2.02. The van der Waals surface area contributed by atoms with E-state index in [2.05, 4.69) is 15.9 Å². The molecule has 0 atom stereocenters. The monoisotopic (exact) mass is 346 g/mol. The van der Waals surface area contributed by atoms with Crippen LogP contribution >= 0.6 is 27.3 Å². The number of ether oxygens (including phenoxy) is 1. The van der Waals surface area contributed by atoms with Crippen molar-refractivity contribution in [2.24, 2.45) is 14.1 Å². The summed E-state index contributed by atoms with van der Waals surface area (Å²) >= 11 is 4.31. The van der Waals surface area contributed by atoms with Crippen LogP contribution in [0.25, 0.3) is 10.2 Å². The van der Waals surface area contributed by atoms with Crippen molar-refractivity contribution >= 4 is 43.5 Å². The van der Waals surface area contributed by atoms with Crippen molar-refractivity contribution in [1.82, 2.24) is 9.13 Å². The predicted molar refractivity (Wildman–Crippen MR) is 76.0 cm³/mol. The predicted octanol–water partition coefficient (Wildman–Crippen LogP) is 1.24. The zero-order chi connectivity index (χ0) is 14.3. The van der Waals surface area contributed by atoms with E-state index in [-0.39, 0.29) is 11.5 Å². The lowest BCUT2D eigenvalue weighted by molar-refractivity contribution is 0.0531. The summed E-state index contributed by atoms with van der Waals surface area (Å²) in [5.41, 5.74) is -0.863. The van der Waals surface area contributed by atoms with E-state index in [1.165, 1.54) is 11.6 Å². The molecule has 0 unspecified atom stereocenters. The molecule has 0 saturated heterocycles. The Morgan fingerprint density at radius 2 is 1.95 bits per heavy atom. The number of thiophene rings is 1. The molecule has 0 fully saturated rings. The molecule has 0 amide bonds. The summed E-state index contributed by atoms with van der Waals surface area (Å²) in [6, 6.07) is 0. The Bertz CT molecular complexity index is 787. The molecule has 8 heteroatoms. The molecule has 0 bridgehead atoms. The molecule has 19 heavy (non-hydrogen) atoms. The fourth-order valence-electron chi connectivity index (χ4n) is 1.72. The number of hydrogen-bond acceptors (Lipinski definition) is 5. The summed E-state index contributed by atoms with van der Waals surface area (Å²) in [4.78, 5) is 36.4. The lowest BCUT2D eigenvalue weighted by Crippen LogP contribution is -2.36. The third-order valence-electron chi connectivity index (χ3n) is 2.69. The quantitative estimate of drug-likeness (QED) is 0.767. The normalized spacial score (nSPS) is 10.9. The summed E-state index contributed by atoms with van der Waals surface area (Å²) in [6.07, 6.45) is 0. The molecule has 2 rings (SSSR count). The van der Waals surface area contributed by atoms with Gasteiger partial charge < -0.3 is 4.74 Å². The summed E-state index contributed by atoms with van der Waals surface area (Å²) in [7, 11) is 2.96. The largest absolute Gasteiger partial charge is 0.462 e. The lowest BCUT2D eigenvalue weighted by atomic mass is 10.3. The van der Waals surface area contributed by atoms with Crippen LogP contribution < -0.4 is 11.2 Å². The Kier molecular flexibility index (Phi) is 3.64. The fraction of sp³-hybridized carbons (Fsp3) is 0.364. The zero-order valence-corrected chi connectivity index (χ0v) is 12.9. The second kappa shape index (κ2) is 4.93. The molecule has 0 spiro atoms. The van der Waals surface area contributed by atoms with Gasteiger partial charge in [0.1, 0.15) is 9.71 Å². The Morgan fingerprint density at radius 1 is 1.32 bits per heavy atom. The van der Waals surface area contributed by atoms with Gasteiger partial charge in [0.05, 0.1) is 16.5 Å². The Morgan fingerprint density at radius 3 is 2.53 bits per heavy atom. The smallest absolute Gasteiger partial charge is 0.349 e. The van der Waals surface area contributed by atoms with Crippen LogP contribution in [-0.4, -0.2) is 21.7 Å². The van der Waals surface area contributed by atoms with Crippen molar-refractivity contribution in [2.45, 2.75) is 6.92 Å². The second-order valence-corrected chi connectivity index (χ2v) is 5.64. The number of halogens is 1. The molecule has 0 N–H and O–H groups in total. The van der Waals surface area contributed by atoms with E-state index in [1.54, 1.807) is 14.0 Å². The van der Waals surface area contributed by atoms with Crippen molar-refractivity contribution in [3.63, 3.8) is 0 Å². The van der Waals surface area contributed by atoms with Gasteiger partial charge in [0.25, 0.3) is 5.56 Å². The third kappa shape index (κ3) is 2.04. The van der Waals surface area contributed by atoms with Gasteiger partial charge in [-0.15, -0.1) is 11.3 Å². The minimum atomic E-state index is -0.509. The zero-order valence-electron chi connectivity index (χ0n) is 10.5. The number of rotatable bonds is 2. The van der Waals surface area contributed by atoms with Gasteiger partial charge in [0.15, 0.2) is 0 Å². The molecule has 102 valence electrons. The van der Waals surface area contributed by atoms with Crippen LogP contribution in [0.15, 0.2) is 14.1 Å². The molecule has 2 aromatic rings. The number of aryl methyl sites for hydroxylation is 1. The van der Waals surface area contributed by atoms with E-state index in [1.807, 2.05) is 0 Å². The molecule has 6 nitrogen and oxygen atoms in total. The maximum absolute atomic E-state index is 12.1. The maximum Gasteiger partial charge on any atom is 0.349 e. The van der Waals surface area contributed by atoms with Crippen molar-refractivity contribution < 1.29 is 9.53 Å². The summed E-state index contributed by atoms with van der Waals surface area (Å²) in [5, 5.41) is 0.317. The van der Waals surface area contributed by atoms with E-state index in [0.29, 0.717) is 14.7 Å². The molecule has 2 aromatic heterocycles. The first-order valence-electron chi connectivity index (χ1n) is 5.45. The number of aromatic nitrogens is 2. The highest BCUT2D eigenvalue weighted by molar-refractivity contribution is 9.10. The molecule has 2 heterocycles. The Hall–Kier alpha value is -1.41. The average Bonchev–Trinajstić information content (AvgIpc) is 2.72. The van der Waals surface area contributed by atoms with Crippen molar-refractivity contribution in [2.75, 3.05) is 6.61 Å². The van der Waals surface area contributed by atoms with Gasteiger partial charge in [-0.1, -0.05) is 0 Å². The molecule has 0 radical (unpaired) electrons. The summed E-state index contributed by atoms with van der Waals surface area (Å²) in [5.74, 6) is -0.509. The van der Waals surface area contributed by atoms with Crippen LogP contribution in [0, 0.1) is 0 Å². The SMILES string of the molecule is CCOC(=O)c1sc2c(c1Br)c(=O)n(C)c(=O)n2C. The number of esters is 1. The summed E-state index contributed by atoms with van der Waals surface area (Å²) in [6.45, 7) is 1.95. The van der Waals surface area contributed by atoms with E-state index in [9.17, 15) is 14.4 Å². The van der Waals surface area contributed by atoms with Gasteiger partial charge >= 0.3 is 11.7 Å². The number of nitrogens with zero attached hydrogens (tertiary/aromatic N) is 2. The molecular formula is C11H11BrN2O4S. The Labute approximate surface area is 120 Å². The third-order valence-corrected chi connectivity index (χ3v) is 4.99. The first-order chi connectivity index (χ1) is 8.90. The molecule has 0 aliphatic rings. The number of carbonyl (C=O) groups excluding carboxylic acids is 1. The van der Waals surface area contributed by atoms with Gasteiger partial charge in [-0.05, 0) is 22.9 Å². The number of hydrogen-bond donors (Lipinski definition) is 0. The van der Waals surface area contributed by atoms with Gasteiger partial charge in [-0.2, -0.15) is 0 Å². The Balaban J connectivity index is 2.89.